The number of pyridine rings is 1. The number of aryl methyl sites for hydroxylation is 1. The number of rotatable bonds is 4. The molecule has 0 spiro atoms. The standard InChI is InChI=1S/C15H19N3/c1-12-5-4-6-15(17-12)16-11-13-7-9-14(10-8-13)18(2)3/h4-10H,11H2,1-3H3,(H,16,17)/p+1. The van der Waals surface area contributed by atoms with E-state index in [-0.39, 0.29) is 0 Å². The first-order valence-corrected chi connectivity index (χ1v) is 6.14. The molecule has 0 atom stereocenters. The Bertz CT molecular complexity index is 503. The first kappa shape index (κ1) is 12.4. The highest BCUT2D eigenvalue weighted by Gasteiger charge is 2.02. The molecule has 2 N–H and O–H groups in total. The van der Waals surface area contributed by atoms with E-state index in [9.17, 15) is 0 Å². The van der Waals surface area contributed by atoms with Gasteiger partial charge in [0.05, 0.1) is 5.69 Å². The Morgan fingerprint density at radius 3 is 2.39 bits per heavy atom. The molecule has 1 heterocycles. The maximum atomic E-state index is 3.38. The van der Waals surface area contributed by atoms with E-state index in [2.05, 4.69) is 66.6 Å². The average Bonchev–Trinajstić information content (AvgIpc) is 2.37. The van der Waals surface area contributed by atoms with Crippen LogP contribution in [-0.2, 0) is 6.54 Å². The summed E-state index contributed by atoms with van der Waals surface area (Å²) in [7, 11) is 4.10. The molecule has 2 aromatic rings. The molecule has 1 aromatic carbocycles. The Kier molecular flexibility index (Phi) is 3.82. The summed E-state index contributed by atoms with van der Waals surface area (Å²) >= 11 is 0. The van der Waals surface area contributed by atoms with Crippen molar-refractivity contribution in [2.75, 3.05) is 24.3 Å². The first-order valence-electron chi connectivity index (χ1n) is 6.14. The van der Waals surface area contributed by atoms with Gasteiger partial charge in [0.25, 0.3) is 5.82 Å². The van der Waals surface area contributed by atoms with E-state index in [1.54, 1.807) is 0 Å². The zero-order valence-corrected chi connectivity index (χ0v) is 11.2. The van der Waals surface area contributed by atoms with E-state index in [1.807, 2.05) is 12.1 Å². The molecule has 0 aliphatic rings. The van der Waals surface area contributed by atoms with Gasteiger partial charge >= 0.3 is 0 Å². The lowest BCUT2D eigenvalue weighted by Crippen LogP contribution is -2.15. The Hall–Kier alpha value is -2.03. The predicted octanol–water partition coefficient (Wildman–Crippen LogP) is 2.49. The fraction of sp³-hybridized carbons (Fsp3) is 0.267. The van der Waals surface area contributed by atoms with E-state index in [1.165, 1.54) is 11.3 Å². The van der Waals surface area contributed by atoms with Gasteiger partial charge < -0.3 is 4.90 Å². The van der Waals surface area contributed by atoms with Crippen molar-refractivity contribution >= 4 is 11.5 Å². The summed E-state index contributed by atoms with van der Waals surface area (Å²) in [6.07, 6.45) is 0. The normalized spacial score (nSPS) is 10.2. The monoisotopic (exact) mass is 242 g/mol. The number of aromatic amines is 1. The quantitative estimate of drug-likeness (QED) is 0.892. The minimum absolute atomic E-state index is 0.827. The molecular formula is C15H20N3+. The molecular weight excluding hydrogens is 222 g/mol. The largest absolute Gasteiger partial charge is 0.378 e. The number of benzene rings is 1. The van der Waals surface area contributed by atoms with Crippen molar-refractivity contribution in [1.82, 2.24) is 0 Å². The third-order valence-electron chi connectivity index (χ3n) is 2.88. The maximum Gasteiger partial charge on any atom is 0.272 e. The molecule has 0 amide bonds. The van der Waals surface area contributed by atoms with Crippen molar-refractivity contribution in [2.45, 2.75) is 13.5 Å². The lowest BCUT2D eigenvalue weighted by molar-refractivity contribution is -0.371. The highest BCUT2D eigenvalue weighted by atomic mass is 15.1. The second-order valence-corrected chi connectivity index (χ2v) is 4.66. The fourth-order valence-corrected chi connectivity index (χ4v) is 1.80. The molecule has 0 unspecified atom stereocenters. The number of H-pyrrole nitrogens is 1. The highest BCUT2D eigenvalue weighted by Crippen LogP contribution is 2.12. The number of nitrogens with one attached hydrogen (secondary N) is 2. The minimum atomic E-state index is 0.827. The van der Waals surface area contributed by atoms with Crippen LogP contribution in [0.15, 0.2) is 42.5 Å². The Labute approximate surface area is 108 Å². The van der Waals surface area contributed by atoms with Gasteiger partial charge in [0.1, 0.15) is 6.54 Å². The second kappa shape index (κ2) is 5.54. The summed E-state index contributed by atoms with van der Waals surface area (Å²) in [4.78, 5) is 5.39. The third-order valence-corrected chi connectivity index (χ3v) is 2.88. The zero-order chi connectivity index (χ0) is 13.0. The molecule has 0 bridgehead atoms. The summed E-state index contributed by atoms with van der Waals surface area (Å²) in [5.41, 5.74) is 3.65. The van der Waals surface area contributed by atoms with Gasteiger partial charge in [-0.3, -0.25) is 5.32 Å². The molecule has 0 saturated carbocycles. The second-order valence-electron chi connectivity index (χ2n) is 4.66. The van der Waals surface area contributed by atoms with Crippen molar-refractivity contribution < 1.29 is 4.98 Å². The van der Waals surface area contributed by atoms with Crippen LogP contribution in [0.25, 0.3) is 0 Å². The summed E-state index contributed by atoms with van der Waals surface area (Å²) in [5, 5.41) is 3.38. The smallest absolute Gasteiger partial charge is 0.272 e. The predicted molar refractivity (Wildman–Crippen MR) is 75.8 cm³/mol. The molecule has 1 aromatic heterocycles. The topological polar surface area (TPSA) is 29.4 Å². The van der Waals surface area contributed by atoms with Crippen LogP contribution in [0.1, 0.15) is 11.3 Å². The van der Waals surface area contributed by atoms with Crippen molar-refractivity contribution in [3.63, 3.8) is 0 Å². The summed E-state index contributed by atoms with van der Waals surface area (Å²) < 4.78 is 0. The molecule has 3 nitrogen and oxygen atoms in total. The molecule has 94 valence electrons. The first-order chi connectivity index (χ1) is 8.65. The van der Waals surface area contributed by atoms with E-state index in [4.69, 9.17) is 0 Å². The summed E-state index contributed by atoms with van der Waals surface area (Å²) in [6, 6.07) is 14.7. The molecule has 3 heteroatoms. The van der Waals surface area contributed by atoms with Crippen LogP contribution in [0.5, 0.6) is 0 Å². The number of hydrogen-bond acceptors (Lipinski definition) is 2. The number of anilines is 2. The van der Waals surface area contributed by atoms with Gasteiger partial charge in [0, 0.05) is 25.8 Å². The number of nitrogens with zero attached hydrogens (tertiary/aromatic N) is 1. The van der Waals surface area contributed by atoms with Gasteiger partial charge in [-0.1, -0.05) is 18.2 Å². The van der Waals surface area contributed by atoms with Crippen LogP contribution in [-0.4, -0.2) is 14.1 Å². The lowest BCUT2D eigenvalue weighted by atomic mass is 10.2. The molecule has 2 rings (SSSR count). The maximum absolute atomic E-state index is 3.38. The van der Waals surface area contributed by atoms with Crippen LogP contribution < -0.4 is 15.2 Å². The van der Waals surface area contributed by atoms with Gasteiger partial charge in [-0.2, -0.15) is 0 Å². The summed E-state index contributed by atoms with van der Waals surface area (Å²) in [6.45, 7) is 2.88. The third kappa shape index (κ3) is 3.23. The Morgan fingerprint density at radius 2 is 1.78 bits per heavy atom. The van der Waals surface area contributed by atoms with Crippen molar-refractivity contribution in [3.8, 4) is 0 Å². The molecule has 0 radical (unpaired) electrons. The van der Waals surface area contributed by atoms with Crippen molar-refractivity contribution in [1.29, 1.82) is 0 Å². The van der Waals surface area contributed by atoms with Crippen LogP contribution in [0.3, 0.4) is 0 Å². The van der Waals surface area contributed by atoms with Gasteiger partial charge in [0.15, 0.2) is 0 Å². The molecule has 18 heavy (non-hydrogen) atoms. The van der Waals surface area contributed by atoms with Crippen LogP contribution in [0, 0.1) is 6.92 Å². The van der Waals surface area contributed by atoms with E-state index < -0.39 is 0 Å². The summed E-state index contributed by atoms with van der Waals surface area (Å²) in [5.74, 6) is 1.05. The molecule has 0 aliphatic heterocycles. The van der Waals surface area contributed by atoms with E-state index >= 15 is 0 Å². The zero-order valence-electron chi connectivity index (χ0n) is 11.2. The van der Waals surface area contributed by atoms with Crippen molar-refractivity contribution in [2.24, 2.45) is 0 Å². The minimum Gasteiger partial charge on any atom is -0.378 e. The molecule has 0 aliphatic carbocycles. The average molecular weight is 242 g/mol. The highest BCUT2D eigenvalue weighted by molar-refractivity contribution is 5.46. The van der Waals surface area contributed by atoms with Crippen LogP contribution >= 0.6 is 0 Å². The fourth-order valence-electron chi connectivity index (χ4n) is 1.80. The van der Waals surface area contributed by atoms with Crippen LogP contribution in [0.2, 0.25) is 0 Å². The Morgan fingerprint density at radius 1 is 1.06 bits per heavy atom. The SMILES string of the molecule is Cc1cccc(NCc2ccc(N(C)C)cc2)[nH+]1. The molecule has 0 fully saturated rings. The van der Waals surface area contributed by atoms with E-state index in [0.717, 1.165) is 18.1 Å². The van der Waals surface area contributed by atoms with Gasteiger partial charge in [-0.15, -0.1) is 0 Å². The number of hydrogen-bond donors (Lipinski definition) is 1. The van der Waals surface area contributed by atoms with Gasteiger partial charge in [0.2, 0.25) is 0 Å². The van der Waals surface area contributed by atoms with Gasteiger partial charge in [-0.25, -0.2) is 4.98 Å². The Balaban J connectivity index is 1.98. The number of aromatic nitrogens is 1. The molecule has 0 saturated heterocycles. The lowest BCUT2D eigenvalue weighted by Gasteiger charge is -2.12. The van der Waals surface area contributed by atoms with E-state index in [0.29, 0.717) is 0 Å². The van der Waals surface area contributed by atoms with Crippen molar-refractivity contribution in [3.05, 3.63) is 53.7 Å². The van der Waals surface area contributed by atoms with Crippen LogP contribution in [0.4, 0.5) is 11.5 Å². The van der Waals surface area contributed by atoms with Gasteiger partial charge in [-0.05, 0) is 30.7 Å².